The summed E-state index contributed by atoms with van der Waals surface area (Å²) in [6, 6.07) is 0. The van der Waals surface area contributed by atoms with Gasteiger partial charge in [0.05, 0.1) is 12.4 Å². The molecule has 1 unspecified atom stereocenters. The number of fused-ring (bicyclic) bond motifs is 1. The fourth-order valence-corrected chi connectivity index (χ4v) is 1.75. The van der Waals surface area contributed by atoms with Crippen LogP contribution in [0.1, 0.15) is 42.5 Å². The zero-order chi connectivity index (χ0) is 25.0. The Morgan fingerprint density at radius 3 is 3.05 bits per heavy atom. The second-order valence-electron chi connectivity index (χ2n) is 4.00. The molecule has 1 atom stereocenters. The van der Waals surface area contributed by atoms with Crippen LogP contribution in [0.5, 0.6) is 0 Å². The van der Waals surface area contributed by atoms with Crippen LogP contribution in [0.3, 0.4) is 0 Å². The van der Waals surface area contributed by atoms with Crippen molar-refractivity contribution in [2.24, 2.45) is 14.0 Å². The minimum atomic E-state index is -3.20. The Labute approximate surface area is 133 Å². The largest absolute Gasteiger partial charge is 0.393 e. The minimum absolute atomic E-state index is 0.0932. The van der Waals surface area contributed by atoms with Crippen LogP contribution >= 0.6 is 0 Å². The molecule has 110 valence electrons. The molecule has 2 aromatic heterocycles. The van der Waals surface area contributed by atoms with E-state index in [2.05, 4.69) is 4.98 Å². The van der Waals surface area contributed by atoms with Crippen LogP contribution in [-0.4, -0.2) is 29.9 Å². The predicted molar refractivity (Wildman–Crippen MR) is 75.7 cm³/mol. The van der Waals surface area contributed by atoms with Crippen molar-refractivity contribution in [2.45, 2.75) is 38.7 Å². The average Bonchev–Trinajstić information content (AvgIpc) is 2.91. The van der Waals surface area contributed by atoms with E-state index in [9.17, 15) is 14.7 Å². The van der Waals surface area contributed by atoms with Gasteiger partial charge in [-0.15, -0.1) is 0 Å². The Morgan fingerprint density at radius 1 is 1.50 bits per heavy atom. The Hall–Kier alpha value is -1.89. The molecule has 0 aliphatic heterocycles. The number of rotatable bonds is 5. The van der Waals surface area contributed by atoms with E-state index < -0.39 is 75.0 Å². The highest BCUT2D eigenvalue weighted by molar-refractivity contribution is 5.69. The lowest BCUT2D eigenvalue weighted by Gasteiger charge is -2.09. The van der Waals surface area contributed by atoms with Gasteiger partial charge < -0.3 is 9.67 Å². The minimum Gasteiger partial charge on any atom is -0.393 e. The smallest absolute Gasteiger partial charge is 0.332 e. The van der Waals surface area contributed by atoms with Crippen molar-refractivity contribution in [1.82, 2.24) is 18.7 Å². The van der Waals surface area contributed by atoms with Crippen molar-refractivity contribution in [3.8, 4) is 0 Å². The van der Waals surface area contributed by atoms with Crippen molar-refractivity contribution in [3.05, 3.63) is 27.1 Å². The van der Waals surface area contributed by atoms with Crippen LogP contribution in [0.15, 0.2) is 15.9 Å². The van der Waals surface area contributed by atoms with Gasteiger partial charge in [0.25, 0.3) is 5.56 Å². The third-order valence-corrected chi connectivity index (χ3v) is 2.67. The highest BCUT2D eigenvalue weighted by Crippen LogP contribution is 2.04. The molecule has 1 N–H and O–H groups in total. The standard InChI is InChI=1S/C13H20N4O3/c1-9(18)6-4-5-7-17-12(19)10-11(14-8-15(10)2)16(3)13(17)20/h8-9,18H,4-7H2,1-3H3/i1D3,2D3,3D3,6D2,8D. The van der Waals surface area contributed by atoms with Gasteiger partial charge in [-0.05, 0) is 26.1 Å². The van der Waals surface area contributed by atoms with Crippen LogP contribution < -0.4 is 11.2 Å². The molecule has 20 heavy (non-hydrogen) atoms. The van der Waals surface area contributed by atoms with E-state index in [0.29, 0.717) is 4.57 Å². The summed E-state index contributed by atoms with van der Waals surface area (Å²) in [6.45, 7) is -9.93. The van der Waals surface area contributed by atoms with Crippen molar-refractivity contribution in [1.29, 1.82) is 0 Å². The molecule has 0 bridgehead atoms. The summed E-state index contributed by atoms with van der Waals surface area (Å²) in [5.74, 6) is 0. The zero-order valence-corrected chi connectivity index (χ0v) is 10.3. The molecule has 0 amide bonds. The molecular formula is C13H20N4O3. The summed E-state index contributed by atoms with van der Waals surface area (Å²) in [5.41, 5.74) is -4.29. The van der Waals surface area contributed by atoms with E-state index >= 15 is 0 Å². The zero-order valence-electron chi connectivity index (χ0n) is 22.3. The Balaban J connectivity index is 2.63. The first-order valence-corrected chi connectivity index (χ1v) is 5.65. The third kappa shape index (κ3) is 2.53. The summed E-state index contributed by atoms with van der Waals surface area (Å²) < 4.78 is 90.5. The molecule has 7 heteroatoms. The first kappa shape index (κ1) is 5.48. The second kappa shape index (κ2) is 5.62. The lowest BCUT2D eigenvalue weighted by atomic mass is 10.2. The topological polar surface area (TPSA) is 82.1 Å². The number of imidazole rings is 1. The van der Waals surface area contributed by atoms with Gasteiger partial charge in [-0.3, -0.25) is 13.9 Å². The van der Waals surface area contributed by atoms with Crippen LogP contribution in [-0.2, 0) is 20.5 Å². The van der Waals surface area contributed by atoms with Crippen LogP contribution in [0, 0.1) is 0 Å². The number of aliphatic hydroxyl groups is 1. The highest BCUT2D eigenvalue weighted by atomic mass is 16.3. The number of hydrogen-bond acceptors (Lipinski definition) is 4. The van der Waals surface area contributed by atoms with Crippen LogP contribution in [0.4, 0.5) is 0 Å². The van der Waals surface area contributed by atoms with E-state index in [4.69, 9.17) is 16.4 Å². The Bertz CT molecular complexity index is 1120. The van der Waals surface area contributed by atoms with Crippen molar-refractivity contribution in [2.75, 3.05) is 0 Å². The Morgan fingerprint density at radius 2 is 2.35 bits per heavy atom. The molecule has 2 aromatic rings. The molecule has 0 aromatic carbocycles. The summed E-state index contributed by atoms with van der Waals surface area (Å²) in [7, 11) is 0. The normalized spacial score (nSPS) is 24.4. The highest BCUT2D eigenvalue weighted by Gasteiger charge is 2.14. The van der Waals surface area contributed by atoms with Crippen LogP contribution in [0.2, 0.25) is 0 Å². The van der Waals surface area contributed by atoms with Gasteiger partial charge in [0.2, 0.25) is 0 Å². The van der Waals surface area contributed by atoms with Gasteiger partial charge in [0.1, 0.15) is 1.37 Å². The first-order chi connectivity index (χ1) is 14.2. The third-order valence-electron chi connectivity index (χ3n) is 2.67. The molecular weight excluding hydrogens is 260 g/mol. The molecule has 0 fully saturated rings. The van der Waals surface area contributed by atoms with E-state index in [-0.39, 0.29) is 15.6 Å². The lowest BCUT2D eigenvalue weighted by molar-refractivity contribution is 0.180. The number of aromatic nitrogens is 4. The molecule has 2 rings (SSSR count). The van der Waals surface area contributed by atoms with Crippen molar-refractivity contribution >= 4 is 11.2 Å². The maximum atomic E-state index is 12.9. The molecule has 7 nitrogen and oxygen atoms in total. The molecule has 0 aliphatic rings. The maximum absolute atomic E-state index is 12.9. The number of aryl methyl sites for hydroxylation is 2. The van der Waals surface area contributed by atoms with Crippen LogP contribution in [0.25, 0.3) is 11.2 Å². The van der Waals surface area contributed by atoms with Gasteiger partial charge in [-0.1, -0.05) is 0 Å². The molecule has 2 heterocycles. The molecule has 0 saturated heterocycles. The van der Waals surface area contributed by atoms with Gasteiger partial charge in [-0.25, -0.2) is 9.78 Å². The van der Waals surface area contributed by atoms with Crippen molar-refractivity contribution in [3.63, 3.8) is 0 Å². The van der Waals surface area contributed by atoms with E-state index in [1.54, 1.807) is 0 Å². The molecule has 0 radical (unpaired) electrons. The number of aliphatic hydroxyl groups excluding tert-OH is 1. The van der Waals surface area contributed by atoms with Gasteiger partial charge in [0.15, 0.2) is 11.2 Å². The predicted octanol–water partition coefficient (Wildman–Crippen LogP) is -0.0152. The fourth-order valence-electron chi connectivity index (χ4n) is 1.75. The summed E-state index contributed by atoms with van der Waals surface area (Å²) in [5, 5.41) is 9.70. The fraction of sp³-hybridized carbons (Fsp3) is 0.615. The van der Waals surface area contributed by atoms with E-state index in [0.717, 1.165) is 0 Å². The average molecular weight is 292 g/mol. The summed E-state index contributed by atoms with van der Waals surface area (Å²) in [6.07, 6.45) is -6.94. The van der Waals surface area contributed by atoms with Gasteiger partial charge in [0, 0.05) is 35.6 Å². The molecule has 0 spiro atoms. The first-order valence-electron chi connectivity index (χ1n) is 11.6. The van der Waals surface area contributed by atoms with Gasteiger partial charge >= 0.3 is 5.69 Å². The number of hydrogen-bond donors (Lipinski definition) is 1. The monoisotopic (exact) mass is 292 g/mol. The second-order valence-corrected chi connectivity index (χ2v) is 4.00. The maximum Gasteiger partial charge on any atom is 0.332 e. The molecule has 0 saturated carbocycles. The number of nitrogens with zero attached hydrogens (tertiary/aromatic N) is 4. The Kier molecular flexibility index (Phi) is 1.54. The summed E-state index contributed by atoms with van der Waals surface area (Å²) >= 11 is 0. The molecule has 0 aliphatic carbocycles. The van der Waals surface area contributed by atoms with Gasteiger partial charge in [-0.2, -0.15) is 0 Å². The lowest BCUT2D eigenvalue weighted by Crippen LogP contribution is -2.39. The van der Waals surface area contributed by atoms with E-state index in [1.807, 2.05) is 0 Å². The van der Waals surface area contributed by atoms with E-state index in [1.165, 1.54) is 0 Å². The SMILES string of the molecule is [2H]c1nc2c(c(=O)n(CCCC([2H])([2H])C(O)C([2H])([2H])[2H])c(=O)n2C([2H])([2H])[2H])n1C([2H])([2H])[2H]. The summed E-state index contributed by atoms with van der Waals surface area (Å²) in [4.78, 5) is 29.1. The van der Waals surface area contributed by atoms with Crippen molar-refractivity contribution < 1.29 is 21.6 Å². The quantitative estimate of drug-likeness (QED) is 0.840.